The minimum Gasteiger partial charge on any atom is -0.461 e. The van der Waals surface area contributed by atoms with E-state index in [1.54, 1.807) is 13.8 Å². The molecule has 0 rings (SSSR count). The molecule has 258 valence electrons. The SMILES string of the molecule is CC#CC#CC(CCCCCCC)C(=O)OCC(COP(=O)(O)OCCN(C)CC)OC(=O)C(C#CC#CC)CCCCCCC. The van der Waals surface area contributed by atoms with Gasteiger partial charge in [0.1, 0.15) is 18.4 Å². The molecule has 4 unspecified atom stereocenters. The van der Waals surface area contributed by atoms with Crippen LogP contribution >= 0.6 is 7.82 Å². The lowest BCUT2D eigenvalue weighted by molar-refractivity contribution is -0.164. The molecule has 0 aliphatic heterocycles. The number of esters is 2. The van der Waals surface area contributed by atoms with Crippen LogP contribution in [-0.2, 0) is 32.7 Å². The third-order valence-corrected chi connectivity index (χ3v) is 8.00. The monoisotopic (exact) mass is 661 g/mol. The zero-order chi connectivity index (χ0) is 34.5. The van der Waals surface area contributed by atoms with Gasteiger partial charge in [-0.1, -0.05) is 109 Å². The molecule has 0 aliphatic rings. The Bertz CT molecular complexity index is 1160. The highest BCUT2D eigenvalue weighted by molar-refractivity contribution is 7.47. The van der Waals surface area contributed by atoms with Gasteiger partial charge in [-0.2, -0.15) is 0 Å². The Kier molecular flexibility index (Phi) is 26.8. The van der Waals surface area contributed by atoms with Gasteiger partial charge in [0.2, 0.25) is 0 Å². The Morgan fingerprint density at radius 3 is 1.76 bits per heavy atom. The van der Waals surface area contributed by atoms with Crippen LogP contribution in [0.3, 0.4) is 0 Å². The summed E-state index contributed by atoms with van der Waals surface area (Å²) in [6.45, 7) is 9.73. The summed E-state index contributed by atoms with van der Waals surface area (Å²) in [5.74, 6) is 19.1. The van der Waals surface area contributed by atoms with Gasteiger partial charge in [-0.3, -0.25) is 18.6 Å². The number of phosphoric ester groups is 1. The Morgan fingerprint density at radius 2 is 1.26 bits per heavy atom. The topological polar surface area (TPSA) is 112 Å². The minimum atomic E-state index is -4.48. The molecule has 0 saturated carbocycles. The molecule has 0 amide bonds. The highest BCUT2D eigenvalue weighted by Gasteiger charge is 2.29. The molecule has 10 heteroatoms. The predicted octanol–water partition coefficient (Wildman–Crippen LogP) is 6.53. The molecule has 0 heterocycles. The summed E-state index contributed by atoms with van der Waals surface area (Å²) in [6, 6.07) is 0. The van der Waals surface area contributed by atoms with Crippen LogP contribution in [0.25, 0.3) is 0 Å². The largest absolute Gasteiger partial charge is 0.472 e. The first-order valence-electron chi connectivity index (χ1n) is 16.7. The summed E-state index contributed by atoms with van der Waals surface area (Å²) >= 11 is 0. The van der Waals surface area contributed by atoms with Crippen molar-refractivity contribution in [3.05, 3.63) is 0 Å². The van der Waals surface area contributed by atoms with E-state index in [1.807, 2.05) is 18.9 Å². The third-order valence-electron chi connectivity index (χ3n) is 7.01. The Balaban J connectivity index is 5.75. The number of ether oxygens (including phenoxy) is 2. The second-order valence-electron chi connectivity index (χ2n) is 11.0. The number of likely N-dealkylation sites (N-methyl/N-ethyl adjacent to an activating group) is 1. The van der Waals surface area contributed by atoms with Gasteiger partial charge < -0.3 is 19.3 Å². The van der Waals surface area contributed by atoms with Crippen molar-refractivity contribution in [3.63, 3.8) is 0 Å². The van der Waals surface area contributed by atoms with Crippen molar-refractivity contribution < 1.29 is 37.6 Å². The maximum Gasteiger partial charge on any atom is 0.472 e. The van der Waals surface area contributed by atoms with Gasteiger partial charge in [-0.05, 0) is 64.0 Å². The number of unbranched alkanes of at least 4 members (excludes halogenated alkanes) is 8. The van der Waals surface area contributed by atoms with E-state index in [2.05, 4.69) is 61.2 Å². The summed E-state index contributed by atoms with van der Waals surface area (Å²) in [6.07, 6.45) is 9.84. The Morgan fingerprint density at radius 1 is 0.739 bits per heavy atom. The van der Waals surface area contributed by atoms with E-state index in [9.17, 15) is 19.0 Å². The van der Waals surface area contributed by atoms with Gasteiger partial charge in [0.05, 0.1) is 13.2 Å². The molecule has 0 spiro atoms. The molecule has 0 saturated heterocycles. The van der Waals surface area contributed by atoms with Gasteiger partial charge in [0, 0.05) is 6.54 Å². The normalized spacial score (nSPS) is 13.6. The first-order valence-corrected chi connectivity index (χ1v) is 18.2. The van der Waals surface area contributed by atoms with Crippen molar-refractivity contribution in [2.45, 2.75) is 118 Å². The lowest BCUT2D eigenvalue weighted by Gasteiger charge is -2.22. The van der Waals surface area contributed by atoms with Crippen molar-refractivity contribution in [1.82, 2.24) is 4.90 Å². The lowest BCUT2D eigenvalue weighted by atomic mass is 10.0. The zero-order valence-corrected chi connectivity index (χ0v) is 29.8. The number of hydrogen-bond acceptors (Lipinski definition) is 8. The third kappa shape index (κ3) is 23.6. The van der Waals surface area contributed by atoms with Crippen LogP contribution in [0.2, 0.25) is 0 Å². The number of phosphoric acid groups is 1. The molecular weight excluding hydrogens is 605 g/mol. The fraction of sp³-hybridized carbons (Fsp3) is 0.722. The molecule has 0 fully saturated rings. The first kappa shape index (κ1) is 43.2. The molecule has 0 aromatic rings. The van der Waals surface area contributed by atoms with E-state index >= 15 is 0 Å². The van der Waals surface area contributed by atoms with Gasteiger partial charge in [-0.15, -0.1) is 0 Å². The van der Waals surface area contributed by atoms with E-state index in [-0.39, 0.29) is 6.61 Å². The number of rotatable bonds is 25. The fourth-order valence-corrected chi connectivity index (χ4v) is 4.84. The van der Waals surface area contributed by atoms with E-state index in [0.717, 1.165) is 70.8 Å². The van der Waals surface area contributed by atoms with Crippen molar-refractivity contribution in [3.8, 4) is 47.4 Å². The van der Waals surface area contributed by atoms with E-state index in [4.69, 9.17) is 18.5 Å². The molecule has 0 aromatic heterocycles. The summed E-state index contributed by atoms with van der Waals surface area (Å²) in [4.78, 5) is 38.5. The van der Waals surface area contributed by atoms with Crippen LogP contribution in [0, 0.1) is 59.2 Å². The van der Waals surface area contributed by atoms with Crippen LogP contribution in [0.1, 0.15) is 112 Å². The zero-order valence-electron chi connectivity index (χ0n) is 29.0. The summed E-state index contributed by atoms with van der Waals surface area (Å²) in [5, 5.41) is 0. The number of hydrogen-bond donors (Lipinski definition) is 1. The fourth-order valence-electron chi connectivity index (χ4n) is 4.10. The summed E-state index contributed by atoms with van der Waals surface area (Å²) in [5.41, 5.74) is 0. The molecule has 46 heavy (non-hydrogen) atoms. The highest BCUT2D eigenvalue weighted by Crippen LogP contribution is 2.43. The smallest absolute Gasteiger partial charge is 0.461 e. The van der Waals surface area contributed by atoms with Crippen molar-refractivity contribution >= 4 is 19.8 Å². The first-order chi connectivity index (χ1) is 22.1. The number of nitrogens with zero attached hydrogens (tertiary/aromatic N) is 1. The molecular formula is C36H56NO8P. The van der Waals surface area contributed by atoms with Crippen LogP contribution in [0.4, 0.5) is 0 Å². The quantitative estimate of drug-likeness (QED) is 0.0505. The van der Waals surface area contributed by atoms with Gasteiger partial charge in [0.25, 0.3) is 0 Å². The van der Waals surface area contributed by atoms with Crippen LogP contribution in [0.15, 0.2) is 0 Å². The molecule has 0 aromatic carbocycles. The molecule has 9 nitrogen and oxygen atoms in total. The average molecular weight is 662 g/mol. The second kappa shape index (κ2) is 28.5. The predicted molar refractivity (Wildman–Crippen MR) is 182 cm³/mol. The standard InChI is InChI=1S/C36H56NO8P/c1-7-12-16-18-22-26-32(24-20-14-9-3)35(38)42-30-34(31-44-46(40,41)43-29-28-37(6)11-5)45-36(39)33(25-21-15-10-4)27-23-19-17-13-8-2/h32-34H,7-8,11-13,16-19,22-23,26-31H2,1-6H3,(H,40,41). The van der Waals surface area contributed by atoms with Gasteiger partial charge in [-0.25, -0.2) is 4.57 Å². The van der Waals surface area contributed by atoms with Crippen molar-refractivity contribution in [2.75, 3.05) is 40.0 Å². The summed E-state index contributed by atoms with van der Waals surface area (Å²) < 4.78 is 34.1. The molecule has 1 N–H and O–H groups in total. The van der Waals surface area contributed by atoms with Crippen molar-refractivity contribution in [2.24, 2.45) is 11.8 Å². The second-order valence-corrected chi connectivity index (χ2v) is 12.4. The maximum absolute atomic E-state index is 13.3. The maximum atomic E-state index is 13.3. The van der Waals surface area contributed by atoms with E-state index in [0.29, 0.717) is 19.4 Å². The van der Waals surface area contributed by atoms with Crippen molar-refractivity contribution in [1.29, 1.82) is 0 Å². The molecule has 0 bridgehead atoms. The number of carbonyl (C=O) groups is 2. The van der Waals surface area contributed by atoms with Crippen LogP contribution in [-0.4, -0.2) is 67.8 Å². The van der Waals surface area contributed by atoms with Crippen LogP contribution in [0.5, 0.6) is 0 Å². The van der Waals surface area contributed by atoms with E-state index < -0.39 is 50.9 Å². The molecule has 4 atom stereocenters. The summed E-state index contributed by atoms with van der Waals surface area (Å²) in [7, 11) is -2.63. The van der Waals surface area contributed by atoms with Crippen LogP contribution < -0.4 is 0 Å². The highest BCUT2D eigenvalue weighted by atomic mass is 31.2. The number of carbonyl (C=O) groups excluding carboxylic acids is 2. The molecule has 0 aliphatic carbocycles. The molecule has 0 radical (unpaired) electrons. The Hall–Kier alpha value is -2.75. The van der Waals surface area contributed by atoms with Gasteiger partial charge >= 0.3 is 19.8 Å². The van der Waals surface area contributed by atoms with E-state index in [1.165, 1.54) is 0 Å². The van der Waals surface area contributed by atoms with Gasteiger partial charge in [0.15, 0.2) is 6.10 Å². The average Bonchev–Trinajstić information content (AvgIpc) is 3.03. The Labute approximate surface area is 278 Å². The minimum absolute atomic E-state index is 0.0367. The lowest BCUT2D eigenvalue weighted by Crippen LogP contribution is -2.33.